The number of benzene rings is 2. The number of hydrogen-bond donors (Lipinski definition) is 0. The van der Waals surface area contributed by atoms with Gasteiger partial charge in [-0.05, 0) is 30.3 Å². The summed E-state index contributed by atoms with van der Waals surface area (Å²) in [5, 5.41) is 0. The normalized spacial score (nSPS) is 14.5. The van der Waals surface area contributed by atoms with Crippen LogP contribution in [-0.4, -0.2) is 43.6 Å². The first-order valence-electron chi connectivity index (χ1n) is 8.29. The van der Waals surface area contributed by atoms with Crippen molar-refractivity contribution >= 4 is 27.5 Å². The van der Waals surface area contributed by atoms with Crippen molar-refractivity contribution in [2.45, 2.75) is 6.42 Å². The van der Waals surface area contributed by atoms with Crippen LogP contribution in [0.3, 0.4) is 0 Å². The van der Waals surface area contributed by atoms with Crippen LogP contribution in [0.15, 0.2) is 53.0 Å². The van der Waals surface area contributed by atoms with Crippen LogP contribution in [0, 0.1) is 5.82 Å². The summed E-state index contributed by atoms with van der Waals surface area (Å²) in [4.78, 5) is 16.1. The Bertz CT molecular complexity index is 733. The lowest BCUT2D eigenvalue weighted by atomic mass is 10.2. The molecule has 0 radical (unpaired) electrons. The van der Waals surface area contributed by atoms with Gasteiger partial charge in [-0.1, -0.05) is 34.1 Å². The van der Waals surface area contributed by atoms with Crippen molar-refractivity contribution in [1.82, 2.24) is 4.90 Å². The Morgan fingerprint density at radius 1 is 1.08 bits per heavy atom. The van der Waals surface area contributed by atoms with E-state index in [1.807, 2.05) is 40.1 Å². The van der Waals surface area contributed by atoms with E-state index in [0.717, 1.165) is 10.2 Å². The molecule has 2 aromatic carbocycles. The first-order chi connectivity index (χ1) is 12.1. The van der Waals surface area contributed by atoms with Crippen molar-refractivity contribution in [3.05, 3.63) is 58.8 Å². The summed E-state index contributed by atoms with van der Waals surface area (Å²) in [5.41, 5.74) is 0.604. The van der Waals surface area contributed by atoms with Gasteiger partial charge >= 0.3 is 0 Å². The highest BCUT2D eigenvalue weighted by Gasteiger charge is 2.22. The third-order valence-electron chi connectivity index (χ3n) is 4.21. The highest BCUT2D eigenvalue weighted by Crippen LogP contribution is 2.21. The van der Waals surface area contributed by atoms with E-state index in [4.69, 9.17) is 4.74 Å². The number of carbonyl (C=O) groups is 1. The molecule has 1 saturated heterocycles. The van der Waals surface area contributed by atoms with Gasteiger partial charge in [0.1, 0.15) is 11.6 Å². The van der Waals surface area contributed by atoms with E-state index in [2.05, 4.69) is 15.9 Å². The van der Waals surface area contributed by atoms with E-state index in [-0.39, 0.29) is 11.7 Å². The number of hydrogen-bond acceptors (Lipinski definition) is 3. The zero-order valence-corrected chi connectivity index (χ0v) is 15.4. The second kappa shape index (κ2) is 8.34. The molecule has 0 unspecified atom stereocenters. The Labute approximate surface area is 155 Å². The quantitative estimate of drug-likeness (QED) is 0.758. The fourth-order valence-corrected chi connectivity index (χ4v) is 3.25. The number of halogens is 2. The Balaban J connectivity index is 1.45. The van der Waals surface area contributed by atoms with Gasteiger partial charge in [0, 0.05) is 30.7 Å². The monoisotopic (exact) mass is 406 g/mol. The van der Waals surface area contributed by atoms with Crippen molar-refractivity contribution in [3.63, 3.8) is 0 Å². The van der Waals surface area contributed by atoms with Gasteiger partial charge < -0.3 is 14.5 Å². The van der Waals surface area contributed by atoms with Gasteiger partial charge in [-0.3, -0.25) is 4.79 Å². The van der Waals surface area contributed by atoms with Gasteiger partial charge in [0.25, 0.3) is 0 Å². The van der Waals surface area contributed by atoms with Crippen LogP contribution in [0.2, 0.25) is 0 Å². The van der Waals surface area contributed by atoms with Crippen molar-refractivity contribution in [3.8, 4) is 5.75 Å². The maximum Gasteiger partial charge on any atom is 0.226 e. The van der Waals surface area contributed by atoms with Crippen LogP contribution in [-0.2, 0) is 4.79 Å². The second-order valence-corrected chi connectivity index (χ2v) is 6.79. The minimum absolute atomic E-state index is 0.0724. The topological polar surface area (TPSA) is 32.8 Å². The van der Waals surface area contributed by atoms with E-state index in [9.17, 15) is 9.18 Å². The molecule has 6 heteroatoms. The molecule has 132 valence electrons. The minimum Gasteiger partial charge on any atom is -0.493 e. The smallest absolute Gasteiger partial charge is 0.226 e. The molecule has 0 aromatic heterocycles. The molecule has 0 atom stereocenters. The molecule has 25 heavy (non-hydrogen) atoms. The van der Waals surface area contributed by atoms with Crippen LogP contribution < -0.4 is 9.64 Å². The van der Waals surface area contributed by atoms with Crippen LogP contribution >= 0.6 is 15.9 Å². The van der Waals surface area contributed by atoms with Crippen LogP contribution in [0.4, 0.5) is 10.1 Å². The van der Waals surface area contributed by atoms with Gasteiger partial charge in [-0.25, -0.2) is 4.39 Å². The van der Waals surface area contributed by atoms with Crippen molar-refractivity contribution in [1.29, 1.82) is 0 Å². The SMILES string of the molecule is O=C(CCOc1cccc(Br)c1)N1CCN(c2ccccc2F)CC1. The molecule has 0 bridgehead atoms. The maximum atomic E-state index is 13.8. The van der Waals surface area contributed by atoms with E-state index in [1.165, 1.54) is 6.07 Å². The third kappa shape index (κ3) is 4.72. The average molecular weight is 407 g/mol. The maximum absolute atomic E-state index is 13.8. The van der Waals surface area contributed by atoms with Crippen molar-refractivity contribution in [2.75, 3.05) is 37.7 Å². The number of anilines is 1. The zero-order valence-electron chi connectivity index (χ0n) is 13.8. The lowest BCUT2D eigenvalue weighted by Crippen LogP contribution is -2.49. The van der Waals surface area contributed by atoms with E-state index in [1.54, 1.807) is 12.1 Å². The van der Waals surface area contributed by atoms with Crippen LogP contribution in [0.1, 0.15) is 6.42 Å². The summed E-state index contributed by atoms with van der Waals surface area (Å²) < 4.78 is 20.4. The molecule has 0 aliphatic carbocycles. The lowest BCUT2D eigenvalue weighted by molar-refractivity contribution is -0.132. The zero-order chi connectivity index (χ0) is 17.6. The van der Waals surface area contributed by atoms with Gasteiger partial charge in [0.2, 0.25) is 5.91 Å². The van der Waals surface area contributed by atoms with Crippen molar-refractivity contribution in [2.24, 2.45) is 0 Å². The van der Waals surface area contributed by atoms with Gasteiger partial charge in [-0.2, -0.15) is 0 Å². The molecular weight excluding hydrogens is 387 g/mol. The van der Waals surface area contributed by atoms with Gasteiger partial charge in [0.05, 0.1) is 18.7 Å². The van der Waals surface area contributed by atoms with E-state index in [0.29, 0.717) is 44.9 Å². The molecule has 1 aliphatic rings. The summed E-state index contributed by atoms with van der Waals surface area (Å²) >= 11 is 3.39. The summed E-state index contributed by atoms with van der Waals surface area (Å²) in [5.74, 6) is 0.597. The van der Waals surface area contributed by atoms with Crippen molar-refractivity contribution < 1.29 is 13.9 Å². The first-order valence-corrected chi connectivity index (χ1v) is 9.08. The number of carbonyl (C=O) groups excluding carboxylic acids is 1. The van der Waals surface area contributed by atoms with E-state index >= 15 is 0 Å². The molecule has 3 rings (SSSR count). The highest BCUT2D eigenvalue weighted by molar-refractivity contribution is 9.10. The molecule has 1 heterocycles. The fourth-order valence-electron chi connectivity index (χ4n) is 2.88. The Kier molecular flexibility index (Phi) is 5.91. The second-order valence-electron chi connectivity index (χ2n) is 5.88. The number of rotatable bonds is 5. The average Bonchev–Trinajstić information content (AvgIpc) is 2.62. The fraction of sp³-hybridized carbons (Fsp3) is 0.316. The van der Waals surface area contributed by atoms with Gasteiger partial charge in [0.15, 0.2) is 0 Å². The standard InChI is InChI=1S/C19H20BrFN2O2/c20-15-4-3-5-16(14-15)25-13-8-19(24)23-11-9-22(10-12-23)18-7-2-1-6-17(18)21/h1-7,14H,8-13H2. The Morgan fingerprint density at radius 3 is 2.56 bits per heavy atom. The number of amides is 1. The first kappa shape index (κ1) is 17.7. The predicted molar refractivity (Wildman–Crippen MR) is 99.4 cm³/mol. The predicted octanol–water partition coefficient (Wildman–Crippen LogP) is 3.71. The molecule has 0 saturated carbocycles. The number of piperazine rings is 1. The molecular formula is C19H20BrFN2O2. The van der Waals surface area contributed by atoms with Gasteiger partial charge in [-0.15, -0.1) is 0 Å². The molecule has 4 nitrogen and oxygen atoms in total. The highest BCUT2D eigenvalue weighted by atomic mass is 79.9. The van der Waals surface area contributed by atoms with Crippen LogP contribution in [0.25, 0.3) is 0 Å². The number of ether oxygens (including phenoxy) is 1. The summed E-state index contributed by atoms with van der Waals surface area (Å²) in [6, 6.07) is 14.3. The third-order valence-corrected chi connectivity index (χ3v) is 4.70. The molecule has 1 amide bonds. The lowest BCUT2D eigenvalue weighted by Gasteiger charge is -2.36. The summed E-state index contributed by atoms with van der Waals surface area (Å²) in [7, 11) is 0. The molecule has 2 aromatic rings. The largest absolute Gasteiger partial charge is 0.493 e. The summed E-state index contributed by atoms with van der Waals surface area (Å²) in [6.07, 6.45) is 0.339. The Morgan fingerprint density at radius 2 is 1.84 bits per heavy atom. The minimum atomic E-state index is -0.218. The molecule has 0 spiro atoms. The van der Waals surface area contributed by atoms with E-state index < -0.39 is 0 Å². The Hall–Kier alpha value is -2.08. The summed E-state index contributed by atoms with van der Waals surface area (Å²) in [6.45, 7) is 2.83. The number of nitrogens with zero attached hydrogens (tertiary/aromatic N) is 2. The molecule has 1 fully saturated rings. The number of para-hydroxylation sites is 1. The molecule has 1 aliphatic heterocycles. The van der Waals surface area contributed by atoms with Crippen LogP contribution in [0.5, 0.6) is 5.75 Å². The molecule has 0 N–H and O–H groups in total.